The first-order valence-electron chi connectivity index (χ1n) is 6.19. The summed E-state index contributed by atoms with van der Waals surface area (Å²) in [6, 6.07) is -0.787. The smallest absolute Gasteiger partial charge is 0.329 e. The second-order valence-corrected chi connectivity index (χ2v) is 4.49. The van der Waals surface area contributed by atoms with Crippen LogP contribution in [-0.4, -0.2) is 41.2 Å². The van der Waals surface area contributed by atoms with E-state index in [1.807, 2.05) is 0 Å². The van der Waals surface area contributed by atoms with Gasteiger partial charge in [-0.3, -0.25) is 14.5 Å². The molecule has 1 atom stereocenters. The topological polar surface area (TPSA) is 63.7 Å². The molecule has 1 unspecified atom stereocenters. The Morgan fingerprint density at radius 2 is 2.17 bits per heavy atom. The zero-order chi connectivity index (χ0) is 13.5. The summed E-state index contributed by atoms with van der Waals surface area (Å²) in [6.07, 6.45) is 3.34. The molecule has 1 aliphatic rings. The van der Waals surface area contributed by atoms with Gasteiger partial charge in [-0.25, -0.2) is 4.79 Å². The van der Waals surface area contributed by atoms with Crippen molar-refractivity contribution in [3.05, 3.63) is 0 Å². The Morgan fingerprint density at radius 1 is 1.44 bits per heavy atom. The molecule has 0 spiro atoms. The Morgan fingerprint density at radius 3 is 2.78 bits per heavy atom. The highest BCUT2D eigenvalue weighted by atomic mass is 35.5. The van der Waals surface area contributed by atoms with Crippen LogP contribution in [0.1, 0.15) is 39.0 Å². The van der Waals surface area contributed by atoms with Crippen LogP contribution in [0.15, 0.2) is 0 Å². The summed E-state index contributed by atoms with van der Waals surface area (Å²) >= 11 is 5.42. The molecule has 18 heavy (non-hydrogen) atoms. The fourth-order valence-corrected chi connectivity index (χ4v) is 2.03. The van der Waals surface area contributed by atoms with Gasteiger partial charge in [-0.05, 0) is 12.8 Å². The Balaban J connectivity index is 2.50. The summed E-state index contributed by atoms with van der Waals surface area (Å²) in [5.41, 5.74) is 0. The van der Waals surface area contributed by atoms with Gasteiger partial charge in [0, 0.05) is 6.42 Å². The van der Waals surface area contributed by atoms with E-state index in [2.05, 4.69) is 6.92 Å². The van der Waals surface area contributed by atoms with Crippen molar-refractivity contribution in [1.82, 2.24) is 4.90 Å². The predicted molar refractivity (Wildman–Crippen MR) is 66.1 cm³/mol. The maximum atomic E-state index is 11.8. The molecule has 0 saturated carbocycles. The third-order valence-electron chi connectivity index (χ3n) is 2.86. The highest BCUT2D eigenvalue weighted by Crippen LogP contribution is 2.20. The van der Waals surface area contributed by atoms with Crippen LogP contribution in [0.4, 0.5) is 0 Å². The lowest BCUT2D eigenvalue weighted by molar-refractivity contribution is -0.156. The molecule has 0 aromatic rings. The van der Waals surface area contributed by atoms with E-state index in [0.717, 1.165) is 24.2 Å². The van der Waals surface area contributed by atoms with E-state index >= 15 is 0 Å². The number of amides is 2. The molecule has 1 saturated heterocycles. The third kappa shape index (κ3) is 3.70. The predicted octanol–water partition coefficient (Wildman–Crippen LogP) is 1.48. The van der Waals surface area contributed by atoms with E-state index in [0.29, 0.717) is 13.0 Å². The van der Waals surface area contributed by atoms with Crippen molar-refractivity contribution in [2.45, 2.75) is 45.1 Å². The number of hydrogen-bond donors (Lipinski definition) is 0. The second-order valence-electron chi connectivity index (χ2n) is 4.22. The molecule has 1 aliphatic heterocycles. The molecule has 5 nitrogen and oxygen atoms in total. The first-order chi connectivity index (χ1) is 8.61. The molecule has 0 bridgehead atoms. The molecule has 1 heterocycles. The number of carbonyl (C=O) groups is 3. The Kier molecular flexibility index (Phi) is 6.12. The lowest BCUT2D eigenvalue weighted by Crippen LogP contribution is -2.44. The van der Waals surface area contributed by atoms with Crippen LogP contribution < -0.4 is 0 Å². The van der Waals surface area contributed by atoms with Crippen molar-refractivity contribution in [3.63, 3.8) is 0 Å². The molecule has 1 fully saturated rings. The normalized spacial score (nSPS) is 19.1. The second kappa shape index (κ2) is 7.36. The molecule has 102 valence electrons. The van der Waals surface area contributed by atoms with E-state index in [4.69, 9.17) is 16.3 Å². The summed E-state index contributed by atoms with van der Waals surface area (Å²) < 4.78 is 5.07. The van der Waals surface area contributed by atoms with Crippen molar-refractivity contribution < 1.29 is 19.1 Å². The highest BCUT2D eigenvalue weighted by Gasteiger charge is 2.40. The van der Waals surface area contributed by atoms with Crippen molar-refractivity contribution in [2.24, 2.45) is 0 Å². The minimum absolute atomic E-state index is 0.192. The van der Waals surface area contributed by atoms with Crippen LogP contribution in [-0.2, 0) is 19.1 Å². The molecule has 0 N–H and O–H groups in total. The van der Waals surface area contributed by atoms with Crippen molar-refractivity contribution >= 4 is 29.4 Å². The lowest BCUT2D eigenvalue weighted by Gasteiger charge is -2.20. The highest BCUT2D eigenvalue weighted by molar-refractivity contribution is 6.28. The average Bonchev–Trinajstić information content (AvgIpc) is 2.75. The number of halogens is 1. The number of esters is 1. The third-order valence-corrected chi connectivity index (χ3v) is 3.09. The number of alkyl halides is 1. The molecule has 0 aliphatic carbocycles. The van der Waals surface area contributed by atoms with Gasteiger partial charge < -0.3 is 4.74 Å². The van der Waals surface area contributed by atoms with Gasteiger partial charge in [0.05, 0.1) is 6.61 Å². The van der Waals surface area contributed by atoms with Crippen LogP contribution in [0.3, 0.4) is 0 Å². The zero-order valence-corrected chi connectivity index (χ0v) is 11.2. The number of rotatable bonds is 6. The van der Waals surface area contributed by atoms with Crippen LogP contribution in [0.25, 0.3) is 0 Å². The van der Waals surface area contributed by atoms with Gasteiger partial charge >= 0.3 is 5.97 Å². The molecule has 0 aromatic carbocycles. The zero-order valence-electron chi connectivity index (χ0n) is 10.5. The number of ether oxygens (including phenoxy) is 1. The maximum Gasteiger partial charge on any atom is 0.329 e. The average molecular weight is 276 g/mol. The van der Waals surface area contributed by atoms with Gasteiger partial charge in [0.25, 0.3) is 0 Å². The van der Waals surface area contributed by atoms with E-state index in [-0.39, 0.29) is 18.2 Å². The van der Waals surface area contributed by atoms with Gasteiger partial charge in [0.1, 0.15) is 11.9 Å². The van der Waals surface area contributed by atoms with Crippen molar-refractivity contribution in [1.29, 1.82) is 0 Å². The van der Waals surface area contributed by atoms with E-state index in [1.165, 1.54) is 0 Å². The van der Waals surface area contributed by atoms with Gasteiger partial charge in [-0.15, -0.1) is 11.6 Å². The minimum Gasteiger partial charge on any atom is -0.464 e. The Labute approximate surface area is 111 Å². The van der Waals surface area contributed by atoms with Crippen molar-refractivity contribution in [3.8, 4) is 0 Å². The van der Waals surface area contributed by atoms with E-state index in [1.54, 1.807) is 0 Å². The first kappa shape index (κ1) is 15.0. The van der Waals surface area contributed by atoms with Crippen LogP contribution in [0.5, 0.6) is 0 Å². The fourth-order valence-electron chi connectivity index (χ4n) is 1.91. The molecule has 6 heteroatoms. The number of likely N-dealkylation sites (tertiary alicyclic amines) is 1. The molecular weight excluding hydrogens is 258 g/mol. The van der Waals surface area contributed by atoms with Gasteiger partial charge in [-0.1, -0.05) is 19.8 Å². The van der Waals surface area contributed by atoms with Gasteiger partial charge in [-0.2, -0.15) is 0 Å². The summed E-state index contributed by atoms with van der Waals surface area (Å²) in [4.78, 5) is 35.7. The van der Waals surface area contributed by atoms with Crippen molar-refractivity contribution in [2.75, 3.05) is 12.5 Å². The molecular formula is C12H18ClNO4. The number of nitrogens with zero attached hydrogens (tertiary/aromatic N) is 1. The summed E-state index contributed by atoms with van der Waals surface area (Å²) in [7, 11) is 0. The monoisotopic (exact) mass is 275 g/mol. The number of hydrogen-bond acceptors (Lipinski definition) is 4. The molecule has 2 amide bonds. The lowest BCUT2D eigenvalue weighted by atomic mass is 10.2. The largest absolute Gasteiger partial charge is 0.464 e. The number of carbonyl (C=O) groups excluding carboxylic acids is 3. The molecule has 0 aromatic heterocycles. The Hall–Kier alpha value is -1.10. The minimum atomic E-state index is -0.787. The molecule has 1 rings (SSSR count). The summed E-state index contributed by atoms with van der Waals surface area (Å²) in [5.74, 6) is -1.69. The van der Waals surface area contributed by atoms with Crippen LogP contribution >= 0.6 is 11.6 Å². The Bertz CT molecular complexity index is 332. The van der Waals surface area contributed by atoms with E-state index in [9.17, 15) is 14.4 Å². The first-order valence-corrected chi connectivity index (χ1v) is 6.72. The van der Waals surface area contributed by atoms with Crippen LogP contribution in [0, 0.1) is 0 Å². The van der Waals surface area contributed by atoms with Gasteiger partial charge in [0.15, 0.2) is 0 Å². The maximum absolute atomic E-state index is 11.8. The van der Waals surface area contributed by atoms with E-state index < -0.39 is 17.9 Å². The standard InChI is InChI=1S/C12H18ClNO4/c1-2-3-4-7-18-12(17)9-5-6-10(15)14(9)11(16)8-13/h9H,2-8H2,1H3. The van der Waals surface area contributed by atoms with Gasteiger partial charge in [0.2, 0.25) is 11.8 Å². The summed E-state index contributed by atoms with van der Waals surface area (Å²) in [6.45, 7) is 2.39. The SMILES string of the molecule is CCCCCOC(=O)C1CCC(=O)N1C(=O)CCl. The molecule has 0 radical (unpaired) electrons. The number of imide groups is 1. The fraction of sp³-hybridized carbons (Fsp3) is 0.750. The van der Waals surface area contributed by atoms with Crippen LogP contribution in [0.2, 0.25) is 0 Å². The summed E-state index contributed by atoms with van der Waals surface area (Å²) in [5, 5.41) is 0. The number of unbranched alkanes of at least 4 members (excludes halogenated alkanes) is 2. The quantitative estimate of drug-likeness (QED) is 0.418.